The van der Waals surface area contributed by atoms with Crippen LogP contribution in [-0.4, -0.2) is 75.9 Å². The zero-order valence-electron chi connectivity index (χ0n) is 23.2. The minimum atomic E-state index is -2.81. The Labute approximate surface area is 241 Å². The van der Waals surface area contributed by atoms with Crippen molar-refractivity contribution in [3.8, 4) is 5.75 Å². The molecule has 6 rings (SSSR count). The Morgan fingerprint density at radius 2 is 1.74 bits per heavy atom. The summed E-state index contributed by atoms with van der Waals surface area (Å²) >= 11 is 0. The Kier molecular flexibility index (Phi) is 6.67. The summed E-state index contributed by atoms with van der Waals surface area (Å²) in [5, 5.41) is 25.8. The fourth-order valence-corrected chi connectivity index (χ4v) is 7.79. The van der Waals surface area contributed by atoms with E-state index in [-0.39, 0.29) is 42.1 Å². The third-order valence-corrected chi connectivity index (χ3v) is 9.70. The molecule has 0 saturated heterocycles. The van der Waals surface area contributed by atoms with Gasteiger partial charge < -0.3 is 21.3 Å². The van der Waals surface area contributed by atoms with Gasteiger partial charge in [0.1, 0.15) is 11.6 Å². The molecular weight excluding hydrogens is 545 g/mol. The maximum atomic E-state index is 16.0. The molecule has 0 aliphatic heterocycles. The summed E-state index contributed by atoms with van der Waals surface area (Å²) in [6, 6.07) is 8.09. The van der Waals surface area contributed by atoms with E-state index in [9.17, 15) is 34.2 Å². The van der Waals surface area contributed by atoms with Crippen molar-refractivity contribution in [2.75, 3.05) is 14.1 Å². The summed E-state index contributed by atoms with van der Waals surface area (Å²) < 4.78 is 16.0. The first-order valence-electron chi connectivity index (χ1n) is 14.0. The lowest BCUT2D eigenvalue weighted by Crippen LogP contribution is -2.74. The molecule has 6 atom stereocenters. The molecule has 5 N–H and O–H groups in total. The highest BCUT2D eigenvalue weighted by Crippen LogP contribution is 2.51. The molecule has 220 valence electrons. The molecular formula is C31H32FN3O7. The molecule has 0 heterocycles. The van der Waals surface area contributed by atoms with Crippen LogP contribution in [-0.2, 0) is 45.0 Å². The van der Waals surface area contributed by atoms with E-state index in [1.807, 2.05) is 12.1 Å². The van der Waals surface area contributed by atoms with Crippen LogP contribution in [0.3, 0.4) is 0 Å². The van der Waals surface area contributed by atoms with Gasteiger partial charge in [0.05, 0.1) is 17.5 Å². The number of ketones is 4. The molecule has 11 heteroatoms. The van der Waals surface area contributed by atoms with E-state index >= 15 is 4.39 Å². The summed E-state index contributed by atoms with van der Waals surface area (Å²) in [6.07, 6.45) is 1.32. The van der Waals surface area contributed by atoms with Crippen LogP contribution in [0.25, 0.3) is 0 Å². The van der Waals surface area contributed by atoms with Crippen molar-refractivity contribution in [2.24, 2.45) is 29.4 Å². The summed E-state index contributed by atoms with van der Waals surface area (Å²) in [5.41, 5.74) is 4.75. The first-order chi connectivity index (χ1) is 19.9. The van der Waals surface area contributed by atoms with Gasteiger partial charge in [0.2, 0.25) is 5.91 Å². The first-order valence-corrected chi connectivity index (χ1v) is 14.0. The normalized spacial score (nSPS) is 30.6. The molecule has 42 heavy (non-hydrogen) atoms. The Morgan fingerprint density at radius 1 is 1.10 bits per heavy atom. The van der Waals surface area contributed by atoms with Crippen molar-refractivity contribution in [3.63, 3.8) is 0 Å². The smallest absolute Gasteiger partial charge is 0.235 e. The van der Waals surface area contributed by atoms with Crippen LogP contribution in [0.4, 0.5) is 4.39 Å². The van der Waals surface area contributed by atoms with Crippen molar-refractivity contribution in [1.82, 2.24) is 10.2 Å². The molecule has 10 nitrogen and oxygen atoms in total. The van der Waals surface area contributed by atoms with Gasteiger partial charge in [-0.2, -0.15) is 0 Å². The topological polar surface area (TPSA) is 167 Å². The number of amides is 1. The van der Waals surface area contributed by atoms with E-state index in [1.165, 1.54) is 36.2 Å². The number of fused-ring (bicyclic) bond motifs is 4. The molecule has 0 radical (unpaired) electrons. The molecule has 0 bridgehead atoms. The number of rotatable bonds is 5. The minimum absolute atomic E-state index is 0.0316. The van der Waals surface area contributed by atoms with Crippen LogP contribution in [0.5, 0.6) is 5.75 Å². The fourth-order valence-electron chi connectivity index (χ4n) is 7.79. The number of hydrogen-bond acceptors (Lipinski definition) is 9. The van der Waals surface area contributed by atoms with Gasteiger partial charge in [-0.1, -0.05) is 24.3 Å². The van der Waals surface area contributed by atoms with Gasteiger partial charge in [-0.15, -0.1) is 0 Å². The second-order valence-electron chi connectivity index (χ2n) is 12.3. The Hall–Kier alpha value is -3.80. The second-order valence-corrected chi connectivity index (χ2v) is 12.3. The van der Waals surface area contributed by atoms with Gasteiger partial charge in [-0.3, -0.25) is 28.9 Å². The molecule has 4 aliphatic carbocycles. The summed E-state index contributed by atoms with van der Waals surface area (Å²) in [4.78, 5) is 67.5. The maximum absolute atomic E-state index is 16.0. The molecule has 2 aromatic carbocycles. The third-order valence-electron chi connectivity index (χ3n) is 9.70. The zero-order valence-corrected chi connectivity index (χ0v) is 23.2. The van der Waals surface area contributed by atoms with Crippen LogP contribution >= 0.6 is 0 Å². The number of hydrogen-bond donors (Lipinski definition) is 4. The molecule has 0 spiro atoms. The number of phenols is 1. The summed E-state index contributed by atoms with van der Waals surface area (Å²) in [6.45, 7) is 0.106. The highest BCUT2D eigenvalue weighted by molar-refractivity contribution is 6.32. The number of benzene rings is 2. The lowest BCUT2D eigenvalue weighted by molar-refractivity contribution is -0.181. The number of likely N-dealkylation sites (N-methyl/N-ethyl adjacent to an activating group) is 1. The number of halogens is 1. The van der Waals surface area contributed by atoms with Gasteiger partial charge in [0.15, 0.2) is 34.7 Å². The van der Waals surface area contributed by atoms with E-state index in [4.69, 9.17) is 5.73 Å². The highest BCUT2D eigenvalue weighted by atomic mass is 19.1. The van der Waals surface area contributed by atoms with Crippen LogP contribution in [0, 0.1) is 29.5 Å². The number of carbonyl (C=O) groups is 5. The number of Topliss-reactive ketones (excluding diaryl/α,β-unsaturated/α-hetero) is 4. The Balaban J connectivity index is 1.32. The quantitative estimate of drug-likeness (QED) is 0.365. The van der Waals surface area contributed by atoms with Crippen molar-refractivity contribution in [1.29, 1.82) is 0 Å². The Bertz CT molecular complexity index is 1550. The van der Waals surface area contributed by atoms with Crippen LogP contribution in [0.1, 0.15) is 39.0 Å². The monoisotopic (exact) mass is 577 g/mol. The van der Waals surface area contributed by atoms with Crippen molar-refractivity contribution >= 4 is 29.0 Å². The second kappa shape index (κ2) is 9.89. The molecule has 2 fully saturated rings. The van der Waals surface area contributed by atoms with Gasteiger partial charge >= 0.3 is 0 Å². The largest absolute Gasteiger partial charge is 0.507 e. The molecule has 4 aliphatic rings. The molecule has 2 aromatic rings. The van der Waals surface area contributed by atoms with Crippen molar-refractivity contribution in [2.45, 2.75) is 49.9 Å². The third kappa shape index (κ3) is 3.98. The van der Waals surface area contributed by atoms with E-state index in [0.29, 0.717) is 0 Å². The standard InChI is InChI=1S/C31H32FN3O7/c1-35(2)25-19-10-15-9-18-22(26(37)21(15)28(39)31(19,42)29(40)23(27(25)38)30(33)41)20(36)11-16(24(18)32)12-34-17-7-13-5-3-4-6-14(13)8-17/h3-6,11,15,17,19,21,23,25,34,36,42H,7-10,12H2,1-2H3,(H2,33,41)/t15-,19-,21?,23?,25-,31-/m0/s1. The predicted octanol–water partition coefficient (Wildman–Crippen LogP) is 0.263. The van der Waals surface area contributed by atoms with Gasteiger partial charge in [0, 0.05) is 29.6 Å². The average molecular weight is 578 g/mol. The Morgan fingerprint density at radius 3 is 2.33 bits per heavy atom. The number of nitrogens with one attached hydrogen (secondary N) is 1. The number of aliphatic hydroxyl groups is 1. The minimum Gasteiger partial charge on any atom is -0.507 e. The SMILES string of the molecule is CN(C)[C@@H]1C(=O)C(C(N)=O)C(=O)[C@@]2(O)C(=O)C3C(=O)c4c(O)cc(CNC5Cc6ccccc6C5)c(F)c4C[C@H]3C[C@@H]12. The average Bonchev–Trinajstić information content (AvgIpc) is 3.34. The maximum Gasteiger partial charge on any atom is 0.235 e. The van der Waals surface area contributed by atoms with Crippen molar-refractivity contribution < 1.29 is 38.6 Å². The fraction of sp³-hybridized carbons (Fsp3) is 0.452. The number of carbonyl (C=O) groups excluding carboxylic acids is 5. The molecule has 1 amide bonds. The van der Waals surface area contributed by atoms with Crippen LogP contribution in [0.15, 0.2) is 30.3 Å². The van der Waals surface area contributed by atoms with E-state index in [2.05, 4.69) is 17.4 Å². The number of nitrogens with zero attached hydrogens (tertiary/aromatic N) is 1. The lowest BCUT2D eigenvalue weighted by atomic mass is 9.52. The van der Waals surface area contributed by atoms with Gasteiger partial charge in [0.25, 0.3) is 0 Å². The summed E-state index contributed by atoms with van der Waals surface area (Å²) in [7, 11) is 3.02. The lowest BCUT2D eigenvalue weighted by Gasteiger charge is -2.52. The number of aromatic hydroxyl groups is 1. The predicted molar refractivity (Wildman–Crippen MR) is 146 cm³/mol. The molecule has 2 unspecified atom stereocenters. The summed E-state index contributed by atoms with van der Waals surface area (Å²) in [5.74, 6) is -12.4. The molecule has 0 aromatic heterocycles. The zero-order chi connectivity index (χ0) is 30.2. The highest BCUT2D eigenvalue weighted by Gasteiger charge is 2.69. The van der Waals surface area contributed by atoms with Crippen LogP contribution < -0.4 is 11.1 Å². The van der Waals surface area contributed by atoms with E-state index in [0.717, 1.165) is 12.8 Å². The van der Waals surface area contributed by atoms with Gasteiger partial charge in [-0.25, -0.2) is 4.39 Å². The van der Waals surface area contributed by atoms with Crippen LogP contribution in [0.2, 0.25) is 0 Å². The number of primary amides is 1. The number of phenolic OH excluding ortho intramolecular Hbond substituents is 1. The molecule has 2 saturated carbocycles. The number of nitrogens with two attached hydrogens (primary N) is 1. The van der Waals surface area contributed by atoms with E-state index in [1.54, 1.807) is 0 Å². The van der Waals surface area contributed by atoms with E-state index < -0.39 is 75.9 Å². The van der Waals surface area contributed by atoms with Gasteiger partial charge in [-0.05, 0) is 62.9 Å². The first kappa shape index (κ1) is 28.3. The van der Waals surface area contributed by atoms with Crippen molar-refractivity contribution in [3.05, 3.63) is 64.0 Å².